The van der Waals surface area contributed by atoms with Crippen molar-refractivity contribution < 1.29 is 4.79 Å². The average molecular weight is 249 g/mol. The summed E-state index contributed by atoms with van der Waals surface area (Å²) in [7, 11) is 0. The van der Waals surface area contributed by atoms with Gasteiger partial charge in [-0.05, 0) is 19.8 Å². The standard InChI is InChI=1S/C14H23N3O/c1-2-17-9-8-16-13(17)10-12(18)14(11-15)6-4-3-5-7-14/h8-9H,2-7,10-11,15H2,1H3. The molecule has 1 aromatic rings. The molecule has 100 valence electrons. The van der Waals surface area contributed by atoms with Gasteiger partial charge in [0.25, 0.3) is 0 Å². The third-order valence-electron chi connectivity index (χ3n) is 4.25. The number of aryl methyl sites for hydroxylation is 1. The molecule has 1 heterocycles. The van der Waals surface area contributed by atoms with Crippen LogP contribution in [0.2, 0.25) is 0 Å². The van der Waals surface area contributed by atoms with Crippen LogP contribution in [-0.4, -0.2) is 21.9 Å². The quantitative estimate of drug-likeness (QED) is 0.867. The van der Waals surface area contributed by atoms with Gasteiger partial charge >= 0.3 is 0 Å². The highest BCUT2D eigenvalue weighted by atomic mass is 16.1. The maximum absolute atomic E-state index is 12.6. The van der Waals surface area contributed by atoms with Crippen LogP contribution in [0.1, 0.15) is 44.9 Å². The van der Waals surface area contributed by atoms with Gasteiger partial charge in [0.1, 0.15) is 11.6 Å². The summed E-state index contributed by atoms with van der Waals surface area (Å²) in [5.74, 6) is 1.16. The zero-order valence-electron chi connectivity index (χ0n) is 11.2. The third kappa shape index (κ3) is 2.48. The Morgan fingerprint density at radius 3 is 2.78 bits per heavy atom. The summed E-state index contributed by atoms with van der Waals surface area (Å²) in [4.78, 5) is 16.8. The van der Waals surface area contributed by atoms with Crippen LogP contribution in [0.25, 0.3) is 0 Å². The first-order valence-electron chi connectivity index (χ1n) is 6.95. The molecule has 0 amide bonds. The lowest BCUT2D eigenvalue weighted by Gasteiger charge is -2.34. The topological polar surface area (TPSA) is 60.9 Å². The van der Waals surface area contributed by atoms with Crippen LogP contribution in [-0.2, 0) is 17.8 Å². The first-order chi connectivity index (χ1) is 8.72. The van der Waals surface area contributed by atoms with E-state index in [2.05, 4.69) is 11.9 Å². The molecule has 1 aliphatic rings. The SMILES string of the molecule is CCn1ccnc1CC(=O)C1(CN)CCCCC1. The molecule has 0 aliphatic heterocycles. The van der Waals surface area contributed by atoms with E-state index in [4.69, 9.17) is 5.73 Å². The Bertz CT molecular complexity index is 405. The van der Waals surface area contributed by atoms with Crippen LogP contribution in [0.3, 0.4) is 0 Å². The van der Waals surface area contributed by atoms with Crippen LogP contribution < -0.4 is 5.73 Å². The van der Waals surface area contributed by atoms with Gasteiger partial charge in [-0.15, -0.1) is 0 Å². The van der Waals surface area contributed by atoms with Crippen molar-refractivity contribution in [1.29, 1.82) is 0 Å². The van der Waals surface area contributed by atoms with Gasteiger partial charge in [-0.3, -0.25) is 4.79 Å². The Balaban J connectivity index is 2.10. The number of carbonyl (C=O) groups excluding carboxylic acids is 1. The van der Waals surface area contributed by atoms with E-state index < -0.39 is 0 Å². The van der Waals surface area contributed by atoms with Crippen molar-refractivity contribution in [2.24, 2.45) is 11.1 Å². The second-order valence-corrected chi connectivity index (χ2v) is 5.27. The highest BCUT2D eigenvalue weighted by molar-refractivity contribution is 5.86. The lowest BCUT2D eigenvalue weighted by atomic mass is 9.70. The molecule has 0 atom stereocenters. The summed E-state index contributed by atoms with van der Waals surface area (Å²) in [5, 5.41) is 0. The predicted octanol–water partition coefficient (Wildman–Crippen LogP) is 1.92. The number of aromatic nitrogens is 2. The van der Waals surface area contributed by atoms with E-state index >= 15 is 0 Å². The number of nitrogens with two attached hydrogens (primary N) is 1. The molecule has 1 aliphatic carbocycles. The largest absolute Gasteiger partial charge is 0.335 e. The number of carbonyl (C=O) groups is 1. The Morgan fingerprint density at radius 2 is 2.17 bits per heavy atom. The molecular formula is C14H23N3O. The van der Waals surface area contributed by atoms with Crippen LogP contribution in [0.5, 0.6) is 0 Å². The Hall–Kier alpha value is -1.16. The molecule has 0 saturated heterocycles. The highest BCUT2D eigenvalue weighted by Crippen LogP contribution is 2.36. The van der Waals surface area contributed by atoms with Crippen LogP contribution in [0, 0.1) is 5.41 Å². The minimum atomic E-state index is -0.275. The first kappa shape index (κ1) is 13.3. The van der Waals surface area contributed by atoms with Gasteiger partial charge in [0.15, 0.2) is 0 Å². The van der Waals surface area contributed by atoms with Gasteiger partial charge in [-0.1, -0.05) is 19.3 Å². The molecule has 1 aromatic heterocycles. The second kappa shape index (κ2) is 5.65. The van der Waals surface area contributed by atoms with Crippen LogP contribution in [0.4, 0.5) is 0 Å². The zero-order valence-corrected chi connectivity index (χ0v) is 11.2. The highest BCUT2D eigenvalue weighted by Gasteiger charge is 2.37. The van der Waals surface area contributed by atoms with E-state index in [9.17, 15) is 4.79 Å². The van der Waals surface area contributed by atoms with Crippen LogP contribution in [0.15, 0.2) is 12.4 Å². The molecule has 1 saturated carbocycles. The number of nitrogens with zero attached hydrogens (tertiary/aromatic N) is 2. The summed E-state index contributed by atoms with van der Waals surface area (Å²) >= 11 is 0. The van der Waals surface area contributed by atoms with Gasteiger partial charge < -0.3 is 10.3 Å². The van der Waals surface area contributed by atoms with Gasteiger partial charge in [0.2, 0.25) is 0 Å². The fourth-order valence-electron chi connectivity index (χ4n) is 2.95. The Kier molecular flexibility index (Phi) is 4.17. The number of ketones is 1. The molecule has 2 N–H and O–H groups in total. The molecule has 0 unspecified atom stereocenters. The fourth-order valence-corrected chi connectivity index (χ4v) is 2.95. The van der Waals surface area contributed by atoms with Gasteiger partial charge in [0.05, 0.1) is 6.42 Å². The maximum atomic E-state index is 12.6. The molecule has 0 aromatic carbocycles. The van der Waals surface area contributed by atoms with E-state index in [0.717, 1.165) is 38.1 Å². The monoisotopic (exact) mass is 249 g/mol. The van der Waals surface area contributed by atoms with E-state index in [0.29, 0.717) is 13.0 Å². The van der Waals surface area contributed by atoms with Crippen molar-refractivity contribution in [3.05, 3.63) is 18.2 Å². The Morgan fingerprint density at radius 1 is 1.44 bits per heavy atom. The van der Waals surface area contributed by atoms with Gasteiger partial charge in [-0.25, -0.2) is 4.98 Å². The number of hydrogen-bond acceptors (Lipinski definition) is 3. The van der Waals surface area contributed by atoms with Crippen molar-refractivity contribution in [3.63, 3.8) is 0 Å². The lowest BCUT2D eigenvalue weighted by molar-refractivity contribution is -0.129. The summed E-state index contributed by atoms with van der Waals surface area (Å²) < 4.78 is 2.03. The third-order valence-corrected chi connectivity index (χ3v) is 4.25. The minimum absolute atomic E-state index is 0.275. The number of imidazole rings is 1. The molecule has 0 radical (unpaired) electrons. The molecule has 0 bridgehead atoms. The molecular weight excluding hydrogens is 226 g/mol. The molecule has 4 heteroatoms. The summed E-state index contributed by atoms with van der Waals surface area (Å²) in [6, 6.07) is 0. The van der Waals surface area contributed by atoms with E-state index in [-0.39, 0.29) is 11.2 Å². The smallest absolute Gasteiger partial charge is 0.147 e. The van der Waals surface area contributed by atoms with Crippen molar-refractivity contribution in [2.75, 3.05) is 6.54 Å². The summed E-state index contributed by atoms with van der Waals surface area (Å²) in [6.07, 6.45) is 9.53. The van der Waals surface area contributed by atoms with E-state index in [1.54, 1.807) is 6.20 Å². The van der Waals surface area contributed by atoms with Crippen molar-refractivity contribution in [1.82, 2.24) is 9.55 Å². The normalized spacial score (nSPS) is 18.8. The second-order valence-electron chi connectivity index (χ2n) is 5.27. The number of hydrogen-bond donors (Lipinski definition) is 1. The van der Waals surface area contributed by atoms with Crippen LogP contribution >= 0.6 is 0 Å². The zero-order chi connectivity index (χ0) is 13.0. The molecule has 1 fully saturated rings. The van der Waals surface area contributed by atoms with Crippen molar-refractivity contribution in [2.45, 2.75) is 52.0 Å². The van der Waals surface area contributed by atoms with Crippen molar-refractivity contribution in [3.8, 4) is 0 Å². The first-order valence-corrected chi connectivity index (χ1v) is 6.95. The summed E-state index contributed by atoms with van der Waals surface area (Å²) in [6.45, 7) is 3.41. The number of Topliss-reactive ketones (excluding diaryl/α,β-unsaturated/α-hetero) is 1. The maximum Gasteiger partial charge on any atom is 0.147 e. The summed E-state index contributed by atoms with van der Waals surface area (Å²) in [5.41, 5.74) is 5.62. The molecule has 4 nitrogen and oxygen atoms in total. The fraction of sp³-hybridized carbons (Fsp3) is 0.714. The van der Waals surface area contributed by atoms with E-state index in [1.807, 2.05) is 10.8 Å². The molecule has 0 spiro atoms. The lowest BCUT2D eigenvalue weighted by Crippen LogP contribution is -2.41. The minimum Gasteiger partial charge on any atom is -0.335 e. The molecule has 18 heavy (non-hydrogen) atoms. The van der Waals surface area contributed by atoms with E-state index in [1.165, 1.54) is 6.42 Å². The van der Waals surface area contributed by atoms with Gasteiger partial charge in [-0.2, -0.15) is 0 Å². The Labute approximate surface area is 109 Å². The molecule has 2 rings (SSSR count). The average Bonchev–Trinajstić information content (AvgIpc) is 2.86. The number of rotatable bonds is 5. The van der Waals surface area contributed by atoms with Crippen molar-refractivity contribution >= 4 is 5.78 Å². The van der Waals surface area contributed by atoms with Gasteiger partial charge in [0, 0.05) is 30.9 Å². The predicted molar refractivity (Wildman–Crippen MR) is 71.2 cm³/mol.